The topological polar surface area (TPSA) is 61.8 Å². The van der Waals surface area contributed by atoms with Crippen LogP contribution in [0.2, 0.25) is 0 Å². The Hall–Kier alpha value is -1.82. The number of nitrogens with zero attached hydrogens (tertiary/aromatic N) is 2. The van der Waals surface area contributed by atoms with E-state index >= 15 is 0 Å². The third-order valence-electron chi connectivity index (χ3n) is 5.73. The van der Waals surface area contributed by atoms with E-state index in [-0.39, 0.29) is 23.7 Å². The Morgan fingerprint density at radius 3 is 2.78 bits per heavy atom. The van der Waals surface area contributed by atoms with Crippen molar-refractivity contribution in [1.29, 1.82) is 0 Å². The molecule has 0 spiro atoms. The second kappa shape index (κ2) is 9.40. The minimum atomic E-state index is -0.299. The summed E-state index contributed by atoms with van der Waals surface area (Å²) in [6.45, 7) is 3.56. The number of fused-ring (bicyclic) bond motifs is 1. The van der Waals surface area contributed by atoms with Gasteiger partial charge in [-0.1, -0.05) is 38.0 Å². The number of carbonyl (C=O) groups is 2. The van der Waals surface area contributed by atoms with Crippen LogP contribution in [-0.2, 0) is 9.59 Å². The molecule has 0 radical (unpaired) electrons. The summed E-state index contributed by atoms with van der Waals surface area (Å²) in [6, 6.07) is 0. The van der Waals surface area contributed by atoms with Crippen LogP contribution in [0, 0.1) is 17.8 Å². The first kappa shape index (κ1) is 19.9. The molecule has 5 nitrogen and oxygen atoms in total. The van der Waals surface area contributed by atoms with Gasteiger partial charge in [0.05, 0.1) is 11.6 Å². The fraction of sp³-hybridized carbons (Fsp3) is 0.619. The van der Waals surface area contributed by atoms with Gasteiger partial charge in [0.2, 0.25) is 16.9 Å². The molecule has 0 bridgehead atoms. The van der Waals surface area contributed by atoms with Crippen molar-refractivity contribution in [1.82, 2.24) is 10.2 Å². The molecule has 0 saturated heterocycles. The number of hydrogen-bond acceptors (Lipinski definition) is 3. The Labute approximate surface area is 167 Å². The standard InChI is InChI=1S/C21H29N3O2S/c1-2-3-6-13-22-19(25)16-11-9-15(10-12-16)14-24-20(26)17-7-4-5-8-18(17)23-21(24)27/h4-5,7-8,15-17H,2-3,6,9-14H2,1H3,(H,22,25). The number of amides is 2. The Balaban J connectivity index is 1.48. The van der Waals surface area contributed by atoms with Crippen LogP contribution in [0.4, 0.5) is 0 Å². The molecule has 1 atom stereocenters. The molecule has 1 unspecified atom stereocenters. The summed E-state index contributed by atoms with van der Waals surface area (Å²) in [5, 5.41) is 3.45. The highest BCUT2D eigenvalue weighted by atomic mass is 32.1. The van der Waals surface area contributed by atoms with Gasteiger partial charge >= 0.3 is 0 Å². The molecule has 1 heterocycles. The van der Waals surface area contributed by atoms with Gasteiger partial charge in [-0.2, -0.15) is 0 Å². The van der Waals surface area contributed by atoms with E-state index in [0.717, 1.165) is 57.2 Å². The summed E-state index contributed by atoms with van der Waals surface area (Å²) in [5.41, 5.74) is 0.743. The van der Waals surface area contributed by atoms with Crippen molar-refractivity contribution in [3.8, 4) is 0 Å². The molecule has 0 aromatic heterocycles. The van der Waals surface area contributed by atoms with E-state index in [2.05, 4.69) is 17.2 Å². The van der Waals surface area contributed by atoms with Gasteiger partial charge in [0.1, 0.15) is 0 Å². The molecule has 1 saturated carbocycles. The Morgan fingerprint density at radius 1 is 1.26 bits per heavy atom. The molecule has 1 aliphatic heterocycles. The highest BCUT2D eigenvalue weighted by Crippen LogP contribution is 2.31. The number of aliphatic imine (C=N–C) groups is 1. The molecule has 0 aromatic carbocycles. The van der Waals surface area contributed by atoms with Crippen molar-refractivity contribution in [2.45, 2.75) is 51.9 Å². The second-order valence-electron chi connectivity index (χ2n) is 7.71. The maximum Gasteiger partial charge on any atom is 0.241 e. The van der Waals surface area contributed by atoms with Crippen molar-refractivity contribution in [3.63, 3.8) is 0 Å². The molecule has 146 valence electrons. The molecular formula is C21H29N3O2S. The van der Waals surface area contributed by atoms with Gasteiger partial charge in [-0.25, -0.2) is 4.99 Å². The summed E-state index contributed by atoms with van der Waals surface area (Å²) in [7, 11) is 0. The molecule has 1 N–H and O–H groups in total. The Morgan fingerprint density at radius 2 is 2.04 bits per heavy atom. The normalized spacial score (nSPS) is 27.4. The summed E-state index contributed by atoms with van der Waals surface area (Å²) in [6.07, 6.45) is 14.6. The highest BCUT2D eigenvalue weighted by Gasteiger charge is 2.36. The lowest BCUT2D eigenvalue weighted by atomic mass is 9.81. The zero-order chi connectivity index (χ0) is 19.2. The van der Waals surface area contributed by atoms with Gasteiger partial charge in [0, 0.05) is 19.0 Å². The molecule has 0 aromatic rings. The van der Waals surface area contributed by atoms with Crippen molar-refractivity contribution in [2.24, 2.45) is 22.7 Å². The maximum atomic E-state index is 12.8. The van der Waals surface area contributed by atoms with Crippen molar-refractivity contribution in [2.75, 3.05) is 13.1 Å². The number of nitrogens with one attached hydrogen (secondary N) is 1. The molecule has 1 fully saturated rings. The van der Waals surface area contributed by atoms with Gasteiger partial charge in [0.25, 0.3) is 0 Å². The minimum Gasteiger partial charge on any atom is -0.356 e. The number of hydrogen-bond donors (Lipinski definition) is 1. The summed E-state index contributed by atoms with van der Waals surface area (Å²) in [5.74, 6) is 0.426. The molecule has 2 aliphatic carbocycles. The van der Waals surface area contributed by atoms with Crippen LogP contribution in [0.5, 0.6) is 0 Å². The number of carbonyl (C=O) groups excluding carboxylic acids is 2. The molecule has 27 heavy (non-hydrogen) atoms. The molecule has 2 amide bonds. The number of allylic oxidation sites excluding steroid dienone is 3. The van der Waals surface area contributed by atoms with Gasteiger partial charge in [-0.05, 0) is 56.3 Å². The smallest absolute Gasteiger partial charge is 0.241 e. The molecule has 3 aliphatic rings. The Bertz CT molecular complexity index is 675. The fourth-order valence-corrected chi connectivity index (χ4v) is 4.31. The number of rotatable bonds is 7. The average molecular weight is 388 g/mol. The maximum absolute atomic E-state index is 12.8. The summed E-state index contributed by atoms with van der Waals surface area (Å²) in [4.78, 5) is 31.2. The van der Waals surface area contributed by atoms with Crippen LogP contribution < -0.4 is 5.32 Å². The van der Waals surface area contributed by atoms with Crippen LogP contribution >= 0.6 is 12.2 Å². The molecule has 3 rings (SSSR count). The molecule has 6 heteroatoms. The van der Waals surface area contributed by atoms with Crippen molar-refractivity contribution in [3.05, 3.63) is 24.3 Å². The average Bonchev–Trinajstić information content (AvgIpc) is 2.69. The third kappa shape index (κ3) is 4.92. The predicted octanol–water partition coefficient (Wildman–Crippen LogP) is 3.41. The first-order valence-corrected chi connectivity index (χ1v) is 10.6. The lowest BCUT2D eigenvalue weighted by Gasteiger charge is -2.35. The zero-order valence-electron chi connectivity index (χ0n) is 16.0. The highest BCUT2D eigenvalue weighted by molar-refractivity contribution is 7.80. The first-order valence-electron chi connectivity index (χ1n) is 10.2. The van der Waals surface area contributed by atoms with Crippen LogP contribution in [0.1, 0.15) is 51.9 Å². The van der Waals surface area contributed by atoms with Crippen molar-refractivity contribution >= 4 is 34.9 Å². The number of unbranched alkanes of at least 4 members (excludes halogenated alkanes) is 2. The fourth-order valence-electron chi connectivity index (χ4n) is 4.04. The van der Waals surface area contributed by atoms with Crippen LogP contribution in [0.3, 0.4) is 0 Å². The van der Waals surface area contributed by atoms with Gasteiger partial charge in [0.15, 0.2) is 0 Å². The van der Waals surface area contributed by atoms with Crippen molar-refractivity contribution < 1.29 is 9.59 Å². The largest absolute Gasteiger partial charge is 0.356 e. The van der Waals surface area contributed by atoms with E-state index in [1.165, 1.54) is 0 Å². The lowest BCUT2D eigenvalue weighted by Crippen LogP contribution is -2.48. The van der Waals surface area contributed by atoms with E-state index < -0.39 is 0 Å². The van der Waals surface area contributed by atoms with Gasteiger partial charge < -0.3 is 5.32 Å². The molecular weight excluding hydrogens is 358 g/mol. The van der Waals surface area contributed by atoms with Gasteiger partial charge in [-0.15, -0.1) is 0 Å². The predicted molar refractivity (Wildman–Crippen MR) is 111 cm³/mol. The minimum absolute atomic E-state index is 0.0291. The zero-order valence-corrected chi connectivity index (χ0v) is 16.8. The van der Waals surface area contributed by atoms with Crippen LogP contribution in [-0.4, -0.2) is 40.6 Å². The van der Waals surface area contributed by atoms with E-state index in [4.69, 9.17) is 12.2 Å². The van der Waals surface area contributed by atoms with E-state index in [0.29, 0.717) is 17.6 Å². The third-order valence-corrected chi connectivity index (χ3v) is 6.04. The second-order valence-corrected chi connectivity index (χ2v) is 8.07. The van der Waals surface area contributed by atoms with Gasteiger partial charge in [-0.3, -0.25) is 14.5 Å². The SMILES string of the molecule is CCCCCNC(=O)C1CCC(CN2C(=O)C3C=CC=CC3=NC2=S)CC1. The Kier molecular flexibility index (Phi) is 6.94. The quantitative estimate of drug-likeness (QED) is 0.538. The van der Waals surface area contributed by atoms with E-state index in [9.17, 15) is 9.59 Å². The van der Waals surface area contributed by atoms with Crippen LogP contribution in [0.25, 0.3) is 0 Å². The summed E-state index contributed by atoms with van der Waals surface area (Å²) < 4.78 is 0. The lowest BCUT2D eigenvalue weighted by molar-refractivity contribution is -0.130. The van der Waals surface area contributed by atoms with Crippen LogP contribution in [0.15, 0.2) is 29.3 Å². The number of thiocarbonyl (C=S) groups is 1. The van der Waals surface area contributed by atoms with E-state index in [1.807, 2.05) is 24.3 Å². The monoisotopic (exact) mass is 387 g/mol. The van der Waals surface area contributed by atoms with E-state index in [1.54, 1.807) is 4.90 Å². The summed E-state index contributed by atoms with van der Waals surface area (Å²) >= 11 is 5.37. The first-order chi connectivity index (χ1) is 13.1.